The molecule has 3 heterocycles. The highest BCUT2D eigenvalue weighted by Crippen LogP contribution is 2.34. The normalized spacial score (nSPS) is 15.6. The number of methoxy groups -OCH3 is 2. The summed E-state index contributed by atoms with van der Waals surface area (Å²) in [5, 5.41) is 13.5. The van der Waals surface area contributed by atoms with Gasteiger partial charge in [-0.1, -0.05) is 0 Å². The van der Waals surface area contributed by atoms with Crippen molar-refractivity contribution in [2.45, 2.75) is 32.4 Å². The Balaban J connectivity index is 1.57. The van der Waals surface area contributed by atoms with E-state index in [2.05, 4.69) is 30.3 Å². The van der Waals surface area contributed by atoms with Gasteiger partial charge in [0, 0.05) is 48.9 Å². The number of hydrogen-bond acceptors (Lipinski definition) is 8. The molecule has 38 heavy (non-hydrogen) atoms. The minimum absolute atomic E-state index is 0.223. The number of halogens is 1. The fraction of sp³-hybridized carbons (Fsp3) is 0.407. The first kappa shape index (κ1) is 25.7. The molecular weight excluding hydrogens is 489 g/mol. The van der Waals surface area contributed by atoms with Gasteiger partial charge in [0.15, 0.2) is 17.3 Å². The van der Waals surface area contributed by atoms with E-state index in [1.54, 1.807) is 37.1 Å². The molecule has 11 heteroatoms. The van der Waals surface area contributed by atoms with Gasteiger partial charge in [0.25, 0.3) is 5.56 Å². The van der Waals surface area contributed by atoms with Crippen LogP contribution in [0.2, 0.25) is 0 Å². The molecular formula is C27H32FN7O3. The number of piperazine rings is 1. The van der Waals surface area contributed by atoms with Crippen LogP contribution in [-0.4, -0.2) is 70.5 Å². The second-order valence-electron chi connectivity index (χ2n) is 10.4. The zero-order chi connectivity index (χ0) is 27.0. The summed E-state index contributed by atoms with van der Waals surface area (Å²) >= 11 is 0. The number of pyridine rings is 1. The molecule has 0 bridgehead atoms. The van der Waals surface area contributed by atoms with E-state index in [0.717, 1.165) is 11.1 Å². The van der Waals surface area contributed by atoms with Crippen molar-refractivity contribution in [3.05, 3.63) is 70.0 Å². The quantitative estimate of drug-likeness (QED) is 0.412. The summed E-state index contributed by atoms with van der Waals surface area (Å²) in [4.78, 5) is 21.0. The molecule has 1 aliphatic rings. The second kappa shape index (κ2) is 10.1. The molecule has 2 aromatic carbocycles. The van der Waals surface area contributed by atoms with Crippen LogP contribution in [0.5, 0.6) is 11.5 Å². The number of benzene rings is 2. The Hall–Kier alpha value is -3.99. The molecule has 1 aliphatic heterocycles. The maximum atomic E-state index is 13.6. The van der Waals surface area contributed by atoms with Gasteiger partial charge in [-0.05, 0) is 67.6 Å². The van der Waals surface area contributed by atoms with Gasteiger partial charge in [-0.3, -0.25) is 9.69 Å². The van der Waals surface area contributed by atoms with Crippen molar-refractivity contribution in [1.29, 1.82) is 0 Å². The molecule has 0 amide bonds. The Morgan fingerprint density at radius 3 is 2.26 bits per heavy atom. The Kier molecular flexibility index (Phi) is 6.78. The number of aromatic nitrogens is 5. The highest BCUT2D eigenvalue weighted by molar-refractivity contribution is 5.83. The monoisotopic (exact) mass is 521 g/mol. The van der Waals surface area contributed by atoms with Crippen LogP contribution in [0.15, 0.2) is 47.3 Å². The number of nitrogens with one attached hydrogen (secondary N) is 1. The average molecular weight is 522 g/mol. The van der Waals surface area contributed by atoms with Gasteiger partial charge in [-0.15, -0.1) is 5.10 Å². The Labute approximate surface area is 220 Å². The lowest BCUT2D eigenvalue weighted by atomic mass is 10.0. The number of fused-ring (bicyclic) bond motifs is 1. The summed E-state index contributed by atoms with van der Waals surface area (Å²) < 4.78 is 26.1. The fourth-order valence-corrected chi connectivity index (χ4v) is 4.98. The van der Waals surface area contributed by atoms with E-state index in [0.29, 0.717) is 54.6 Å². The molecule has 0 saturated carbocycles. The lowest BCUT2D eigenvalue weighted by molar-refractivity contribution is 0.190. The average Bonchev–Trinajstić information content (AvgIpc) is 3.40. The lowest BCUT2D eigenvalue weighted by Crippen LogP contribution is -2.49. The summed E-state index contributed by atoms with van der Waals surface area (Å²) in [6.45, 7) is 8.80. The van der Waals surface area contributed by atoms with E-state index in [1.807, 2.05) is 32.9 Å². The zero-order valence-corrected chi connectivity index (χ0v) is 22.2. The van der Waals surface area contributed by atoms with E-state index < -0.39 is 11.6 Å². The van der Waals surface area contributed by atoms with Crippen LogP contribution >= 0.6 is 0 Å². The summed E-state index contributed by atoms with van der Waals surface area (Å²) in [6, 6.07) is 11.5. The van der Waals surface area contributed by atoms with E-state index in [-0.39, 0.29) is 11.4 Å². The van der Waals surface area contributed by atoms with Gasteiger partial charge in [0.1, 0.15) is 11.9 Å². The van der Waals surface area contributed by atoms with Crippen LogP contribution in [0.3, 0.4) is 0 Å². The van der Waals surface area contributed by atoms with Gasteiger partial charge in [-0.2, -0.15) is 0 Å². The van der Waals surface area contributed by atoms with Crippen LogP contribution in [0.4, 0.5) is 10.1 Å². The predicted octanol–water partition coefficient (Wildman–Crippen LogP) is 3.34. The molecule has 0 radical (unpaired) electrons. The number of hydrogen-bond donors (Lipinski definition) is 1. The van der Waals surface area contributed by atoms with E-state index in [4.69, 9.17) is 9.47 Å². The highest BCUT2D eigenvalue weighted by atomic mass is 19.1. The Morgan fingerprint density at radius 1 is 0.974 bits per heavy atom. The van der Waals surface area contributed by atoms with E-state index >= 15 is 0 Å². The van der Waals surface area contributed by atoms with Crippen molar-refractivity contribution >= 4 is 16.6 Å². The lowest BCUT2D eigenvalue weighted by Gasteiger charge is -2.40. The molecule has 1 saturated heterocycles. The third-order valence-electron chi connectivity index (χ3n) is 6.92. The third-order valence-corrected chi connectivity index (χ3v) is 6.92. The van der Waals surface area contributed by atoms with Crippen LogP contribution in [0.1, 0.15) is 38.2 Å². The first-order valence-electron chi connectivity index (χ1n) is 12.5. The largest absolute Gasteiger partial charge is 0.493 e. The minimum Gasteiger partial charge on any atom is -0.493 e. The maximum absolute atomic E-state index is 13.6. The van der Waals surface area contributed by atoms with Crippen molar-refractivity contribution in [2.24, 2.45) is 0 Å². The van der Waals surface area contributed by atoms with Crippen LogP contribution in [-0.2, 0) is 5.54 Å². The van der Waals surface area contributed by atoms with E-state index in [1.165, 1.54) is 12.1 Å². The van der Waals surface area contributed by atoms with Crippen LogP contribution < -0.4 is 19.9 Å². The number of aromatic amines is 1. The van der Waals surface area contributed by atoms with E-state index in [9.17, 15) is 9.18 Å². The van der Waals surface area contributed by atoms with Gasteiger partial charge < -0.3 is 19.4 Å². The van der Waals surface area contributed by atoms with Crippen molar-refractivity contribution in [3.8, 4) is 11.5 Å². The first-order valence-corrected chi connectivity index (χ1v) is 12.5. The molecule has 1 fully saturated rings. The molecule has 1 atom stereocenters. The van der Waals surface area contributed by atoms with Crippen molar-refractivity contribution < 1.29 is 13.9 Å². The van der Waals surface area contributed by atoms with Crippen molar-refractivity contribution in [1.82, 2.24) is 30.1 Å². The standard InChI is InChI=1S/C27H32FN7O3/c1-27(2,3)35-25(30-31-32-35)24(34-12-10-33(11-13-34)19-8-6-18(28)7-9-19)20-14-17-15-22(37-4)23(38-5)16-21(17)29-26(20)36/h6-9,14-16,24H,10-13H2,1-5H3,(H,29,36). The molecule has 10 nitrogen and oxygen atoms in total. The molecule has 0 spiro atoms. The summed E-state index contributed by atoms with van der Waals surface area (Å²) in [6.07, 6.45) is 0. The van der Waals surface area contributed by atoms with Crippen LogP contribution in [0.25, 0.3) is 10.9 Å². The highest BCUT2D eigenvalue weighted by Gasteiger charge is 2.35. The van der Waals surface area contributed by atoms with Gasteiger partial charge >= 0.3 is 0 Å². The fourth-order valence-electron chi connectivity index (χ4n) is 4.98. The third kappa shape index (κ3) is 4.81. The van der Waals surface area contributed by atoms with Crippen molar-refractivity contribution in [3.63, 3.8) is 0 Å². The number of tetrazole rings is 1. The SMILES string of the molecule is COc1cc2cc(C(c3nnnn3C(C)(C)C)N3CCN(c4ccc(F)cc4)CC3)c(=O)[nH]c2cc1OC. The van der Waals surface area contributed by atoms with Crippen molar-refractivity contribution in [2.75, 3.05) is 45.3 Å². The summed E-state index contributed by atoms with van der Waals surface area (Å²) in [5.41, 5.74) is 1.53. The maximum Gasteiger partial charge on any atom is 0.253 e. The molecule has 1 N–H and O–H groups in total. The Bertz CT molecular complexity index is 1490. The number of anilines is 1. The Morgan fingerprint density at radius 2 is 1.63 bits per heavy atom. The van der Waals surface area contributed by atoms with Gasteiger partial charge in [0.2, 0.25) is 0 Å². The summed E-state index contributed by atoms with van der Waals surface area (Å²) in [5.74, 6) is 1.44. The summed E-state index contributed by atoms with van der Waals surface area (Å²) in [7, 11) is 3.14. The molecule has 5 rings (SSSR count). The van der Waals surface area contributed by atoms with Gasteiger partial charge in [-0.25, -0.2) is 9.07 Å². The van der Waals surface area contributed by atoms with Crippen LogP contribution in [0, 0.1) is 5.82 Å². The number of nitrogens with zero attached hydrogens (tertiary/aromatic N) is 6. The second-order valence-corrected chi connectivity index (χ2v) is 10.4. The number of H-pyrrole nitrogens is 1. The van der Waals surface area contributed by atoms with Gasteiger partial charge in [0.05, 0.1) is 25.3 Å². The molecule has 1 unspecified atom stereocenters. The molecule has 0 aliphatic carbocycles. The minimum atomic E-state index is -0.485. The first-order chi connectivity index (χ1) is 18.2. The number of ether oxygens (including phenoxy) is 2. The molecule has 4 aromatic rings. The zero-order valence-electron chi connectivity index (χ0n) is 22.2. The molecule has 2 aromatic heterocycles. The topological polar surface area (TPSA) is 101 Å². The molecule has 200 valence electrons. The predicted molar refractivity (Wildman–Crippen MR) is 143 cm³/mol. The number of rotatable bonds is 6. The smallest absolute Gasteiger partial charge is 0.253 e.